The van der Waals surface area contributed by atoms with Crippen LogP contribution in [0.3, 0.4) is 0 Å². The number of carbonyl (C=O) groups excluding carboxylic acids is 1. The minimum Gasteiger partial charge on any atom is -0.379 e. The number of benzene rings is 1. The van der Waals surface area contributed by atoms with Gasteiger partial charge in [0.05, 0.1) is 19.3 Å². The van der Waals surface area contributed by atoms with Gasteiger partial charge >= 0.3 is 0 Å². The van der Waals surface area contributed by atoms with Crippen LogP contribution in [0.15, 0.2) is 29.2 Å². The van der Waals surface area contributed by atoms with Gasteiger partial charge in [-0.2, -0.15) is 0 Å². The molecule has 27 heavy (non-hydrogen) atoms. The summed E-state index contributed by atoms with van der Waals surface area (Å²) in [5.41, 5.74) is -0.0159. The van der Waals surface area contributed by atoms with E-state index in [9.17, 15) is 9.18 Å². The number of carbonyl (C=O) groups is 1. The molecule has 5 nitrogen and oxygen atoms in total. The van der Waals surface area contributed by atoms with Gasteiger partial charge in [-0.15, -0.1) is 11.8 Å². The van der Waals surface area contributed by atoms with Gasteiger partial charge in [-0.3, -0.25) is 9.69 Å². The molecule has 1 amide bonds. The molecule has 1 saturated carbocycles. The van der Waals surface area contributed by atoms with Gasteiger partial charge in [0.25, 0.3) is 0 Å². The molecule has 1 aromatic rings. The molecule has 1 aliphatic heterocycles. The van der Waals surface area contributed by atoms with Crippen LogP contribution in [0.25, 0.3) is 0 Å². The first kappa shape index (κ1) is 20.6. The first-order valence-electron chi connectivity index (χ1n) is 9.71. The normalized spacial score (nSPS) is 25.8. The lowest BCUT2D eigenvalue weighted by Gasteiger charge is -2.55. The lowest BCUT2D eigenvalue weighted by atomic mass is 9.72. The molecule has 0 radical (unpaired) electrons. The number of nitrogens with one attached hydrogen (secondary N) is 1. The Labute approximate surface area is 165 Å². The lowest BCUT2D eigenvalue weighted by molar-refractivity contribution is -0.134. The number of halogens is 1. The second-order valence-corrected chi connectivity index (χ2v) is 8.25. The maximum absolute atomic E-state index is 13.6. The summed E-state index contributed by atoms with van der Waals surface area (Å²) in [7, 11) is 0. The molecule has 1 aromatic carbocycles. The summed E-state index contributed by atoms with van der Waals surface area (Å²) in [6.45, 7) is 6.67. The SMILES string of the molecule is CCOC1CC(CNC(=O)CCSc2ccccc2F)(N2CCOCC2)C1. The number of rotatable bonds is 9. The van der Waals surface area contributed by atoms with Crippen molar-refractivity contribution in [2.45, 2.75) is 42.7 Å². The molecule has 2 aliphatic rings. The monoisotopic (exact) mass is 396 g/mol. The van der Waals surface area contributed by atoms with Crippen LogP contribution < -0.4 is 5.32 Å². The van der Waals surface area contributed by atoms with E-state index in [4.69, 9.17) is 9.47 Å². The van der Waals surface area contributed by atoms with Crippen molar-refractivity contribution >= 4 is 17.7 Å². The number of amides is 1. The fraction of sp³-hybridized carbons (Fsp3) is 0.650. The summed E-state index contributed by atoms with van der Waals surface area (Å²) >= 11 is 1.38. The molecular formula is C20H29FN2O3S. The van der Waals surface area contributed by atoms with E-state index in [0.717, 1.165) is 45.8 Å². The zero-order valence-corrected chi connectivity index (χ0v) is 16.7. The Hall–Kier alpha value is -1.15. The zero-order valence-electron chi connectivity index (χ0n) is 15.9. The van der Waals surface area contributed by atoms with Crippen molar-refractivity contribution in [3.05, 3.63) is 30.1 Å². The van der Waals surface area contributed by atoms with Gasteiger partial charge in [0.1, 0.15) is 5.82 Å². The van der Waals surface area contributed by atoms with Crippen LogP contribution in [-0.4, -0.2) is 67.7 Å². The van der Waals surface area contributed by atoms with Crippen molar-refractivity contribution in [1.29, 1.82) is 0 Å². The third-order valence-electron chi connectivity index (χ3n) is 5.34. The Kier molecular flexibility index (Phi) is 7.52. The topological polar surface area (TPSA) is 50.8 Å². The van der Waals surface area contributed by atoms with Gasteiger partial charge in [-0.25, -0.2) is 4.39 Å². The third kappa shape index (κ3) is 5.44. The molecule has 0 unspecified atom stereocenters. The van der Waals surface area contributed by atoms with Crippen molar-refractivity contribution in [2.75, 3.05) is 45.2 Å². The van der Waals surface area contributed by atoms with E-state index in [1.54, 1.807) is 12.1 Å². The van der Waals surface area contributed by atoms with Gasteiger partial charge in [-0.05, 0) is 31.9 Å². The van der Waals surface area contributed by atoms with Crippen LogP contribution in [0.2, 0.25) is 0 Å². The van der Waals surface area contributed by atoms with Crippen molar-refractivity contribution in [1.82, 2.24) is 10.2 Å². The van der Waals surface area contributed by atoms with E-state index in [1.165, 1.54) is 17.8 Å². The Morgan fingerprint density at radius 3 is 2.81 bits per heavy atom. The van der Waals surface area contributed by atoms with Crippen LogP contribution in [0.5, 0.6) is 0 Å². The van der Waals surface area contributed by atoms with Gasteiger partial charge in [0.15, 0.2) is 0 Å². The fourth-order valence-electron chi connectivity index (χ4n) is 3.86. The highest BCUT2D eigenvalue weighted by Crippen LogP contribution is 2.40. The minimum atomic E-state index is -0.231. The van der Waals surface area contributed by atoms with Gasteiger partial charge in [0, 0.05) is 48.8 Å². The average molecular weight is 397 g/mol. The molecular weight excluding hydrogens is 367 g/mol. The predicted octanol–water partition coefficient (Wildman–Crippen LogP) is 2.69. The quantitative estimate of drug-likeness (QED) is 0.651. The molecule has 2 fully saturated rings. The van der Waals surface area contributed by atoms with E-state index in [-0.39, 0.29) is 23.4 Å². The summed E-state index contributed by atoms with van der Waals surface area (Å²) < 4.78 is 24.8. The second-order valence-electron chi connectivity index (χ2n) is 7.11. The van der Waals surface area contributed by atoms with E-state index < -0.39 is 0 Å². The van der Waals surface area contributed by atoms with Crippen molar-refractivity contribution in [2.24, 2.45) is 0 Å². The van der Waals surface area contributed by atoms with E-state index in [2.05, 4.69) is 10.2 Å². The number of thioether (sulfide) groups is 1. The van der Waals surface area contributed by atoms with Crippen LogP contribution in [0.1, 0.15) is 26.2 Å². The predicted molar refractivity (Wildman–Crippen MR) is 105 cm³/mol. The summed E-state index contributed by atoms with van der Waals surface area (Å²) in [5.74, 6) is 0.357. The molecule has 1 N–H and O–H groups in total. The molecule has 150 valence electrons. The Morgan fingerprint density at radius 1 is 1.37 bits per heavy atom. The first-order chi connectivity index (χ1) is 13.1. The smallest absolute Gasteiger partial charge is 0.220 e. The molecule has 1 aliphatic carbocycles. The summed E-state index contributed by atoms with van der Waals surface area (Å²) in [6, 6.07) is 6.67. The number of ether oxygens (including phenoxy) is 2. The molecule has 1 saturated heterocycles. The van der Waals surface area contributed by atoms with Crippen LogP contribution in [0.4, 0.5) is 4.39 Å². The first-order valence-corrected chi connectivity index (χ1v) is 10.7. The highest BCUT2D eigenvalue weighted by molar-refractivity contribution is 7.99. The van der Waals surface area contributed by atoms with Crippen molar-refractivity contribution in [3.8, 4) is 0 Å². The Morgan fingerprint density at radius 2 is 2.11 bits per heavy atom. The second kappa shape index (κ2) is 9.87. The average Bonchev–Trinajstić information content (AvgIpc) is 2.66. The lowest BCUT2D eigenvalue weighted by Crippen LogP contribution is -2.67. The highest BCUT2D eigenvalue weighted by Gasteiger charge is 2.49. The molecule has 0 aromatic heterocycles. The van der Waals surface area contributed by atoms with E-state index in [1.807, 2.05) is 13.0 Å². The summed E-state index contributed by atoms with van der Waals surface area (Å²) in [5, 5.41) is 3.10. The third-order valence-corrected chi connectivity index (χ3v) is 6.39. The molecule has 0 bridgehead atoms. The molecule has 1 heterocycles. The van der Waals surface area contributed by atoms with Crippen LogP contribution >= 0.6 is 11.8 Å². The van der Waals surface area contributed by atoms with Gasteiger partial charge in [0.2, 0.25) is 5.91 Å². The number of morpholine rings is 1. The van der Waals surface area contributed by atoms with E-state index in [0.29, 0.717) is 23.6 Å². The van der Waals surface area contributed by atoms with Crippen LogP contribution in [0, 0.1) is 5.82 Å². The molecule has 3 rings (SSSR count). The van der Waals surface area contributed by atoms with E-state index >= 15 is 0 Å². The molecule has 0 spiro atoms. The summed E-state index contributed by atoms with van der Waals surface area (Å²) in [4.78, 5) is 15.3. The minimum absolute atomic E-state index is 0.0159. The van der Waals surface area contributed by atoms with Gasteiger partial charge in [-0.1, -0.05) is 12.1 Å². The van der Waals surface area contributed by atoms with Gasteiger partial charge < -0.3 is 14.8 Å². The highest BCUT2D eigenvalue weighted by atomic mass is 32.2. The zero-order chi connectivity index (χ0) is 19.1. The number of nitrogens with zero attached hydrogens (tertiary/aromatic N) is 1. The largest absolute Gasteiger partial charge is 0.379 e. The number of hydrogen-bond acceptors (Lipinski definition) is 5. The maximum Gasteiger partial charge on any atom is 0.220 e. The molecule has 7 heteroatoms. The standard InChI is InChI=1S/C20H29FN2O3S/c1-2-26-16-13-20(14-16,23-8-10-25-11-9-23)15-22-19(24)7-12-27-18-6-4-3-5-17(18)21/h3-6,16H,2,7-15H2,1H3,(H,22,24). The maximum atomic E-state index is 13.6. The number of hydrogen-bond donors (Lipinski definition) is 1. The van der Waals surface area contributed by atoms with Crippen molar-refractivity contribution < 1.29 is 18.7 Å². The Balaban J connectivity index is 1.45. The Bertz CT molecular complexity index is 619. The van der Waals surface area contributed by atoms with Crippen molar-refractivity contribution in [3.63, 3.8) is 0 Å². The van der Waals surface area contributed by atoms with Crippen LogP contribution in [-0.2, 0) is 14.3 Å². The molecule has 0 atom stereocenters. The summed E-state index contributed by atoms with van der Waals surface area (Å²) in [6.07, 6.45) is 2.56. The fourth-order valence-corrected chi connectivity index (χ4v) is 4.75.